The second kappa shape index (κ2) is 8.29. The van der Waals surface area contributed by atoms with Crippen LogP contribution in [0.1, 0.15) is 31.0 Å². The smallest absolute Gasteiger partial charge is 0.338 e. The molecular formula is C25H20FN3O3S. The number of benzene rings is 2. The first-order valence-corrected chi connectivity index (χ1v) is 11.3. The quantitative estimate of drug-likeness (QED) is 0.473. The van der Waals surface area contributed by atoms with Crippen LogP contribution in [0.5, 0.6) is 0 Å². The van der Waals surface area contributed by atoms with Gasteiger partial charge >= 0.3 is 5.97 Å². The van der Waals surface area contributed by atoms with Crippen molar-refractivity contribution in [2.75, 3.05) is 6.61 Å². The minimum Gasteiger partial charge on any atom is -0.463 e. The lowest BCUT2D eigenvalue weighted by Gasteiger charge is -2.24. The first-order chi connectivity index (χ1) is 16.0. The number of esters is 1. The van der Waals surface area contributed by atoms with E-state index in [0.717, 1.165) is 16.5 Å². The Labute approximate surface area is 192 Å². The molecule has 6 nitrogen and oxygen atoms in total. The van der Waals surface area contributed by atoms with E-state index in [1.54, 1.807) is 26.0 Å². The van der Waals surface area contributed by atoms with Crippen LogP contribution in [0, 0.1) is 5.82 Å². The summed E-state index contributed by atoms with van der Waals surface area (Å²) in [4.78, 5) is 34.7. The fraction of sp³-hybridized carbons (Fsp3) is 0.160. The summed E-state index contributed by atoms with van der Waals surface area (Å²) in [5, 5.41) is 1.00. The predicted octanol–water partition coefficient (Wildman–Crippen LogP) is 3.42. The Kier molecular flexibility index (Phi) is 5.30. The van der Waals surface area contributed by atoms with Crippen molar-refractivity contribution in [3.8, 4) is 0 Å². The summed E-state index contributed by atoms with van der Waals surface area (Å²) in [6.45, 7) is 3.63. The molecule has 0 saturated carbocycles. The van der Waals surface area contributed by atoms with Gasteiger partial charge in [-0.15, -0.1) is 0 Å². The molecule has 1 atom stereocenters. The molecule has 4 aromatic rings. The molecule has 0 bridgehead atoms. The van der Waals surface area contributed by atoms with Crippen molar-refractivity contribution in [2.24, 2.45) is 4.99 Å². The summed E-state index contributed by atoms with van der Waals surface area (Å²) < 4.78 is 20.9. The fourth-order valence-corrected chi connectivity index (χ4v) is 5.14. The Morgan fingerprint density at radius 3 is 2.76 bits per heavy atom. The van der Waals surface area contributed by atoms with Crippen molar-refractivity contribution in [3.63, 3.8) is 0 Å². The molecule has 1 aliphatic heterocycles. The van der Waals surface area contributed by atoms with Gasteiger partial charge in [-0.3, -0.25) is 9.36 Å². The van der Waals surface area contributed by atoms with E-state index in [2.05, 4.69) is 9.98 Å². The van der Waals surface area contributed by atoms with E-state index in [4.69, 9.17) is 4.74 Å². The van der Waals surface area contributed by atoms with Gasteiger partial charge < -0.3 is 9.72 Å². The zero-order chi connectivity index (χ0) is 23.1. The second-order valence-corrected chi connectivity index (χ2v) is 8.65. The summed E-state index contributed by atoms with van der Waals surface area (Å²) in [7, 11) is 0. The van der Waals surface area contributed by atoms with Crippen molar-refractivity contribution < 1.29 is 13.9 Å². The summed E-state index contributed by atoms with van der Waals surface area (Å²) in [6, 6.07) is 12.9. The van der Waals surface area contributed by atoms with E-state index in [9.17, 15) is 14.0 Å². The van der Waals surface area contributed by atoms with Gasteiger partial charge in [0.15, 0.2) is 4.80 Å². The minimum absolute atomic E-state index is 0.191. The van der Waals surface area contributed by atoms with E-state index < -0.39 is 17.8 Å². The number of hydrogen-bond donors (Lipinski definition) is 1. The molecular weight excluding hydrogens is 441 g/mol. The lowest BCUT2D eigenvalue weighted by atomic mass is 9.96. The maximum Gasteiger partial charge on any atom is 0.338 e. The zero-order valence-electron chi connectivity index (χ0n) is 18.0. The van der Waals surface area contributed by atoms with Crippen molar-refractivity contribution in [1.82, 2.24) is 9.55 Å². The number of para-hydroxylation sites is 1. The lowest BCUT2D eigenvalue weighted by molar-refractivity contribution is -0.139. The number of rotatable bonds is 4. The molecule has 2 aromatic carbocycles. The molecule has 0 spiro atoms. The molecule has 0 fully saturated rings. The minimum atomic E-state index is -0.758. The van der Waals surface area contributed by atoms with E-state index in [1.165, 1.54) is 28.0 Å². The molecule has 1 aliphatic rings. The number of ether oxygens (including phenoxy) is 1. The molecule has 0 saturated heterocycles. The number of aromatic nitrogens is 2. The molecule has 0 unspecified atom stereocenters. The monoisotopic (exact) mass is 461 g/mol. The Hall–Kier alpha value is -3.78. The van der Waals surface area contributed by atoms with Crippen LogP contribution in [0.4, 0.5) is 4.39 Å². The maximum absolute atomic E-state index is 13.6. The number of carbonyl (C=O) groups excluding carboxylic acids is 1. The summed E-state index contributed by atoms with van der Waals surface area (Å²) in [5.74, 6) is -0.942. The van der Waals surface area contributed by atoms with Crippen LogP contribution in [0.15, 0.2) is 75.8 Å². The van der Waals surface area contributed by atoms with Crippen LogP contribution in [-0.2, 0) is 9.53 Å². The van der Waals surface area contributed by atoms with Gasteiger partial charge in [-0.25, -0.2) is 14.2 Å². The number of aromatic amines is 1. The number of hydrogen-bond acceptors (Lipinski definition) is 5. The standard InChI is InChI=1S/C25H20FN3O3S/c1-3-32-24(31)21-14(2)28-25-29(22(21)15-8-10-17(26)11-9-15)23(30)20(33-25)12-16-13-27-19-7-5-4-6-18(16)19/h4-13,22,27H,3H2,1-2H3/t22-/m1/s1. The van der Waals surface area contributed by atoms with Gasteiger partial charge in [0.2, 0.25) is 0 Å². The number of thiazole rings is 1. The summed E-state index contributed by atoms with van der Waals surface area (Å²) >= 11 is 1.26. The average molecular weight is 462 g/mol. The van der Waals surface area contributed by atoms with Crippen molar-refractivity contribution in [3.05, 3.63) is 103 Å². The molecule has 8 heteroatoms. The van der Waals surface area contributed by atoms with Crippen molar-refractivity contribution in [2.45, 2.75) is 19.9 Å². The number of carbonyl (C=O) groups is 1. The van der Waals surface area contributed by atoms with Gasteiger partial charge in [-0.1, -0.05) is 41.7 Å². The third-order valence-electron chi connectivity index (χ3n) is 5.61. The normalized spacial score (nSPS) is 16.1. The lowest BCUT2D eigenvalue weighted by Crippen LogP contribution is -2.39. The maximum atomic E-state index is 13.6. The third-order valence-corrected chi connectivity index (χ3v) is 6.59. The Balaban J connectivity index is 1.74. The molecule has 0 radical (unpaired) electrons. The Morgan fingerprint density at radius 1 is 1.24 bits per heavy atom. The summed E-state index contributed by atoms with van der Waals surface area (Å²) in [6.07, 6.45) is 3.68. The van der Waals surface area contributed by atoms with Crippen LogP contribution >= 0.6 is 11.3 Å². The largest absolute Gasteiger partial charge is 0.463 e. The number of H-pyrrole nitrogens is 1. The molecule has 33 heavy (non-hydrogen) atoms. The number of fused-ring (bicyclic) bond motifs is 2. The van der Waals surface area contributed by atoms with Crippen LogP contribution in [-0.4, -0.2) is 22.1 Å². The highest BCUT2D eigenvalue weighted by Crippen LogP contribution is 2.30. The van der Waals surface area contributed by atoms with Gasteiger partial charge in [0, 0.05) is 22.7 Å². The highest BCUT2D eigenvalue weighted by molar-refractivity contribution is 7.07. The van der Waals surface area contributed by atoms with Gasteiger partial charge in [-0.05, 0) is 43.7 Å². The number of nitrogens with zero attached hydrogens (tertiary/aromatic N) is 2. The second-order valence-electron chi connectivity index (χ2n) is 7.64. The molecule has 2 aromatic heterocycles. The SMILES string of the molecule is CCOC(=O)C1=C(C)N=c2sc(=Cc3c[nH]c4ccccc34)c(=O)n2[C@@H]1c1ccc(F)cc1. The molecule has 3 heterocycles. The molecule has 0 amide bonds. The molecule has 1 N–H and O–H groups in total. The third kappa shape index (κ3) is 3.62. The molecule has 5 rings (SSSR count). The van der Waals surface area contributed by atoms with Crippen LogP contribution in [0.3, 0.4) is 0 Å². The first-order valence-electron chi connectivity index (χ1n) is 10.5. The van der Waals surface area contributed by atoms with E-state index >= 15 is 0 Å². The van der Waals surface area contributed by atoms with Crippen molar-refractivity contribution in [1.29, 1.82) is 0 Å². The van der Waals surface area contributed by atoms with Crippen LogP contribution in [0.2, 0.25) is 0 Å². The van der Waals surface area contributed by atoms with Crippen LogP contribution < -0.4 is 14.9 Å². The Bertz CT molecular complexity index is 1590. The Morgan fingerprint density at radius 2 is 2.00 bits per heavy atom. The highest BCUT2D eigenvalue weighted by atomic mass is 32.1. The zero-order valence-corrected chi connectivity index (χ0v) is 18.8. The highest BCUT2D eigenvalue weighted by Gasteiger charge is 2.33. The van der Waals surface area contributed by atoms with E-state index in [1.807, 2.05) is 36.5 Å². The van der Waals surface area contributed by atoms with E-state index in [0.29, 0.717) is 20.6 Å². The van der Waals surface area contributed by atoms with Crippen LogP contribution in [0.25, 0.3) is 17.0 Å². The molecule has 0 aliphatic carbocycles. The van der Waals surface area contributed by atoms with Gasteiger partial charge in [0.1, 0.15) is 5.82 Å². The number of nitrogens with one attached hydrogen (secondary N) is 1. The van der Waals surface area contributed by atoms with Gasteiger partial charge in [-0.2, -0.15) is 0 Å². The topological polar surface area (TPSA) is 76.4 Å². The van der Waals surface area contributed by atoms with Gasteiger partial charge in [0.05, 0.1) is 28.5 Å². The van der Waals surface area contributed by atoms with Gasteiger partial charge in [0.25, 0.3) is 5.56 Å². The first kappa shape index (κ1) is 21.1. The van der Waals surface area contributed by atoms with Crippen molar-refractivity contribution >= 4 is 34.3 Å². The average Bonchev–Trinajstić information content (AvgIpc) is 3.35. The predicted molar refractivity (Wildman–Crippen MR) is 125 cm³/mol. The fourth-order valence-electron chi connectivity index (χ4n) is 4.11. The summed E-state index contributed by atoms with van der Waals surface area (Å²) in [5.41, 5.74) is 2.94. The molecule has 166 valence electrons. The number of halogens is 1. The van der Waals surface area contributed by atoms with E-state index in [-0.39, 0.29) is 17.7 Å². The number of allylic oxidation sites excluding steroid dienone is 1.